The zero-order chi connectivity index (χ0) is 25.9. The van der Waals surface area contributed by atoms with Crippen molar-refractivity contribution in [1.82, 2.24) is 5.32 Å². The lowest BCUT2D eigenvalue weighted by molar-refractivity contribution is -0.151. The molecule has 190 valence electrons. The highest BCUT2D eigenvalue weighted by Crippen LogP contribution is 2.51. The Morgan fingerprint density at radius 2 is 1.74 bits per heavy atom. The third-order valence-electron chi connectivity index (χ3n) is 6.45. The van der Waals surface area contributed by atoms with Crippen LogP contribution < -0.4 is 19.5 Å². The maximum atomic E-state index is 13.9. The van der Waals surface area contributed by atoms with Gasteiger partial charge in [0.1, 0.15) is 5.92 Å². The van der Waals surface area contributed by atoms with Crippen molar-refractivity contribution < 1.29 is 38.1 Å². The summed E-state index contributed by atoms with van der Waals surface area (Å²) in [4.78, 5) is 39.7. The number of carbonyl (C=O) groups excluding carboxylic acids is 3. The molecule has 0 bridgehead atoms. The van der Waals surface area contributed by atoms with Crippen LogP contribution >= 0.6 is 0 Å². The van der Waals surface area contributed by atoms with Crippen LogP contribution in [0.2, 0.25) is 0 Å². The molecule has 1 aliphatic carbocycles. The molecule has 35 heavy (non-hydrogen) atoms. The van der Waals surface area contributed by atoms with Crippen LogP contribution in [0, 0.1) is 11.8 Å². The van der Waals surface area contributed by atoms with E-state index >= 15 is 0 Å². The standard InChI is InChI=1S/C26H33NO8/c1-8-11-35-26(30)19-14(3)27-16-12-13(2)18(25(29)34-7)22(28)21(16)20(19)15-9-10-17(31-4)24(33-6)23(15)32-5/h9-10,13,18,20,27H,8,11-12H2,1-7H3/t13-,18+,20+/m0/s1. The van der Waals surface area contributed by atoms with Gasteiger partial charge in [-0.05, 0) is 31.7 Å². The van der Waals surface area contributed by atoms with Crippen LogP contribution in [0.4, 0.5) is 0 Å². The number of esters is 2. The molecule has 1 aromatic carbocycles. The Balaban J connectivity index is 2.30. The van der Waals surface area contributed by atoms with Crippen LogP contribution in [0.5, 0.6) is 17.2 Å². The maximum absolute atomic E-state index is 13.9. The Morgan fingerprint density at radius 3 is 2.31 bits per heavy atom. The Kier molecular flexibility index (Phi) is 8.09. The van der Waals surface area contributed by atoms with E-state index in [9.17, 15) is 14.4 Å². The summed E-state index contributed by atoms with van der Waals surface area (Å²) in [5.74, 6) is -2.59. The number of benzene rings is 1. The summed E-state index contributed by atoms with van der Waals surface area (Å²) in [5, 5.41) is 3.24. The molecule has 1 N–H and O–H groups in total. The third-order valence-corrected chi connectivity index (χ3v) is 6.45. The second kappa shape index (κ2) is 10.8. The zero-order valence-corrected chi connectivity index (χ0v) is 21.3. The first-order valence-electron chi connectivity index (χ1n) is 11.5. The summed E-state index contributed by atoms with van der Waals surface area (Å²) in [6, 6.07) is 3.43. The molecule has 0 saturated carbocycles. The van der Waals surface area contributed by atoms with Crippen LogP contribution in [0.3, 0.4) is 0 Å². The fraction of sp³-hybridized carbons (Fsp3) is 0.500. The first-order valence-corrected chi connectivity index (χ1v) is 11.5. The molecule has 9 nitrogen and oxygen atoms in total. The quantitative estimate of drug-likeness (QED) is 0.436. The van der Waals surface area contributed by atoms with Crippen LogP contribution in [-0.2, 0) is 23.9 Å². The number of hydrogen-bond acceptors (Lipinski definition) is 9. The van der Waals surface area contributed by atoms with Crippen molar-refractivity contribution in [2.75, 3.05) is 35.0 Å². The van der Waals surface area contributed by atoms with E-state index in [0.29, 0.717) is 52.6 Å². The van der Waals surface area contributed by atoms with Gasteiger partial charge in [-0.15, -0.1) is 0 Å². The molecule has 1 aromatic rings. The fourth-order valence-electron chi connectivity index (χ4n) is 4.89. The van der Waals surface area contributed by atoms with E-state index in [1.165, 1.54) is 28.4 Å². The van der Waals surface area contributed by atoms with E-state index in [0.717, 1.165) is 0 Å². The number of nitrogens with one attached hydrogen (secondary N) is 1. The Hall–Kier alpha value is -3.49. The average Bonchev–Trinajstić information content (AvgIpc) is 2.84. The van der Waals surface area contributed by atoms with Gasteiger partial charge in [0.2, 0.25) is 5.75 Å². The average molecular weight is 488 g/mol. The number of hydrogen-bond donors (Lipinski definition) is 1. The van der Waals surface area contributed by atoms with Gasteiger partial charge in [0.05, 0.1) is 46.5 Å². The summed E-state index contributed by atoms with van der Waals surface area (Å²) in [6.07, 6.45) is 1.08. The van der Waals surface area contributed by atoms with Crippen molar-refractivity contribution in [3.63, 3.8) is 0 Å². The Labute approximate surface area is 205 Å². The summed E-state index contributed by atoms with van der Waals surface area (Å²) < 4.78 is 27.1. The molecule has 3 atom stereocenters. The van der Waals surface area contributed by atoms with E-state index in [-0.39, 0.29) is 18.1 Å². The summed E-state index contributed by atoms with van der Waals surface area (Å²) in [5.41, 5.74) is 2.35. The highest BCUT2D eigenvalue weighted by Gasteiger charge is 2.48. The molecule has 3 rings (SSSR count). The first kappa shape index (κ1) is 26.1. The molecule has 2 aliphatic rings. The largest absolute Gasteiger partial charge is 0.493 e. The minimum Gasteiger partial charge on any atom is -0.493 e. The van der Waals surface area contributed by atoms with Gasteiger partial charge < -0.3 is 29.0 Å². The van der Waals surface area contributed by atoms with Crippen LogP contribution in [0.1, 0.15) is 45.1 Å². The van der Waals surface area contributed by atoms with E-state index < -0.39 is 29.6 Å². The van der Waals surface area contributed by atoms with Crippen LogP contribution in [0.15, 0.2) is 34.7 Å². The molecule has 0 aromatic heterocycles. The monoisotopic (exact) mass is 487 g/mol. The lowest BCUT2D eigenvalue weighted by atomic mass is 9.69. The first-order chi connectivity index (χ1) is 16.7. The Bertz CT molecular complexity index is 1090. The lowest BCUT2D eigenvalue weighted by Gasteiger charge is -2.38. The molecular weight excluding hydrogens is 454 g/mol. The van der Waals surface area contributed by atoms with Crippen molar-refractivity contribution in [2.45, 2.75) is 39.5 Å². The molecule has 0 amide bonds. The van der Waals surface area contributed by atoms with Gasteiger partial charge in [-0.1, -0.05) is 19.9 Å². The molecule has 1 heterocycles. The Morgan fingerprint density at radius 1 is 1.06 bits per heavy atom. The highest BCUT2D eigenvalue weighted by atomic mass is 16.5. The molecule has 9 heteroatoms. The van der Waals surface area contributed by atoms with Gasteiger partial charge in [0, 0.05) is 22.5 Å². The number of ketones is 1. The number of methoxy groups -OCH3 is 4. The maximum Gasteiger partial charge on any atom is 0.336 e. The zero-order valence-electron chi connectivity index (χ0n) is 21.3. The number of Topliss-reactive ketones (excluding diaryl/α,β-unsaturated/α-hetero) is 1. The number of ether oxygens (including phenoxy) is 5. The minimum absolute atomic E-state index is 0.229. The molecule has 0 saturated heterocycles. The summed E-state index contributed by atoms with van der Waals surface area (Å²) in [6.45, 7) is 5.73. The van der Waals surface area contributed by atoms with Crippen LogP contribution in [-0.4, -0.2) is 52.8 Å². The molecule has 0 unspecified atom stereocenters. The predicted molar refractivity (Wildman–Crippen MR) is 127 cm³/mol. The van der Waals surface area contributed by atoms with Gasteiger partial charge in [0.25, 0.3) is 0 Å². The smallest absolute Gasteiger partial charge is 0.336 e. The fourth-order valence-corrected chi connectivity index (χ4v) is 4.89. The predicted octanol–water partition coefficient (Wildman–Crippen LogP) is 3.28. The van der Waals surface area contributed by atoms with Gasteiger partial charge >= 0.3 is 11.9 Å². The van der Waals surface area contributed by atoms with Gasteiger partial charge in [-0.25, -0.2) is 4.79 Å². The van der Waals surface area contributed by atoms with Crippen molar-refractivity contribution in [2.24, 2.45) is 11.8 Å². The van der Waals surface area contributed by atoms with Crippen molar-refractivity contribution in [3.05, 3.63) is 40.2 Å². The molecule has 0 radical (unpaired) electrons. The van der Waals surface area contributed by atoms with Crippen molar-refractivity contribution >= 4 is 17.7 Å². The van der Waals surface area contributed by atoms with E-state index in [4.69, 9.17) is 23.7 Å². The number of carbonyl (C=O) groups is 3. The number of dihydropyridines is 1. The van der Waals surface area contributed by atoms with E-state index in [1.807, 2.05) is 13.8 Å². The third kappa shape index (κ3) is 4.59. The summed E-state index contributed by atoms with van der Waals surface area (Å²) >= 11 is 0. The molecular formula is C26H33NO8. The minimum atomic E-state index is -0.986. The van der Waals surface area contributed by atoms with Gasteiger partial charge in [0.15, 0.2) is 17.3 Å². The van der Waals surface area contributed by atoms with Gasteiger partial charge in [-0.2, -0.15) is 0 Å². The second-order valence-electron chi connectivity index (χ2n) is 8.59. The second-order valence-corrected chi connectivity index (χ2v) is 8.59. The SMILES string of the molecule is CCCOC(=O)C1=C(C)NC2=C(C(=O)[C@H](C(=O)OC)[C@@H](C)C2)[C@@H]1c1ccc(OC)c(OC)c1OC. The molecule has 0 spiro atoms. The normalized spacial score (nSPS) is 21.7. The van der Waals surface area contributed by atoms with E-state index in [1.54, 1.807) is 19.1 Å². The number of allylic oxidation sites excluding steroid dienone is 3. The van der Waals surface area contributed by atoms with Crippen LogP contribution in [0.25, 0.3) is 0 Å². The van der Waals surface area contributed by atoms with Crippen molar-refractivity contribution in [1.29, 1.82) is 0 Å². The molecule has 0 fully saturated rings. The van der Waals surface area contributed by atoms with E-state index in [2.05, 4.69) is 5.32 Å². The highest BCUT2D eigenvalue weighted by molar-refractivity contribution is 6.12. The number of rotatable bonds is 8. The lowest BCUT2D eigenvalue weighted by Crippen LogP contribution is -2.43. The topological polar surface area (TPSA) is 109 Å². The van der Waals surface area contributed by atoms with Gasteiger partial charge in [-0.3, -0.25) is 9.59 Å². The summed E-state index contributed by atoms with van der Waals surface area (Å²) in [7, 11) is 5.73. The van der Waals surface area contributed by atoms with Crippen molar-refractivity contribution in [3.8, 4) is 17.2 Å². The molecule has 1 aliphatic heterocycles.